The molecule has 0 spiro atoms. The van der Waals surface area contributed by atoms with Crippen LogP contribution in [0.25, 0.3) is 0 Å². The Balaban J connectivity index is 1.58. The lowest BCUT2D eigenvalue weighted by Crippen LogP contribution is -2.48. The molecule has 2 fully saturated rings. The molecule has 0 saturated carbocycles. The minimum atomic E-state index is -4.62. The summed E-state index contributed by atoms with van der Waals surface area (Å²) in [6.07, 6.45) is -1.83. The van der Waals surface area contributed by atoms with Crippen molar-refractivity contribution in [2.45, 2.75) is 30.0 Å². The number of benzene rings is 1. The summed E-state index contributed by atoms with van der Waals surface area (Å²) in [7, 11) is 0. The summed E-state index contributed by atoms with van der Waals surface area (Å²) >= 11 is 1.58. The van der Waals surface area contributed by atoms with E-state index in [1.807, 2.05) is 18.4 Å². The van der Waals surface area contributed by atoms with Crippen molar-refractivity contribution < 1.29 is 27.6 Å². The third-order valence-electron chi connectivity index (χ3n) is 4.95. The van der Waals surface area contributed by atoms with E-state index in [1.165, 1.54) is 4.90 Å². The van der Waals surface area contributed by atoms with Gasteiger partial charge < -0.3 is 9.80 Å². The number of urea groups is 1. The highest BCUT2D eigenvalue weighted by atomic mass is 32.2. The van der Waals surface area contributed by atoms with Crippen LogP contribution in [0.3, 0.4) is 0 Å². The molecule has 0 atom stereocenters. The molecule has 1 aromatic rings. The molecule has 152 valence electrons. The number of halogens is 3. The van der Waals surface area contributed by atoms with Crippen molar-refractivity contribution in [2.24, 2.45) is 0 Å². The summed E-state index contributed by atoms with van der Waals surface area (Å²) in [5, 5.41) is 0. The molecule has 3 rings (SSSR count). The highest BCUT2D eigenvalue weighted by molar-refractivity contribution is 7.98. The molecular weight excluding hydrogens is 395 g/mol. The first-order valence-corrected chi connectivity index (χ1v) is 10.0. The van der Waals surface area contributed by atoms with Gasteiger partial charge in [-0.2, -0.15) is 13.2 Å². The van der Waals surface area contributed by atoms with Gasteiger partial charge in [0.2, 0.25) is 0 Å². The molecule has 2 saturated heterocycles. The van der Waals surface area contributed by atoms with Gasteiger partial charge in [-0.15, -0.1) is 11.8 Å². The van der Waals surface area contributed by atoms with Gasteiger partial charge in [0.25, 0.3) is 11.8 Å². The van der Waals surface area contributed by atoms with Crippen molar-refractivity contribution in [3.05, 3.63) is 29.8 Å². The molecule has 0 unspecified atom stereocenters. The maximum atomic E-state index is 12.6. The van der Waals surface area contributed by atoms with E-state index >= 15 is 0 Å². The molecule has 2 aliphatic rings. The summed E-state index contributed by atoms with van der Waals surface area (Å²) in [5.41, 5.74) is 0.569. The SMILES string of the molecule is CSc1ccc(C(=O)N2CCC(N3CC(=O)N(CC(F)(F)F)C3=O)CC2)cc1. The number of likely N-dealkylation sites (tertiary alicyclic amines) is 1. The minimum absolute atomic E-state index is 0.117. The number of hydrogen-bond acceptors (Lipinski definition) is 4. The summed E-state index contributed by atoms with van der Waals surface area (Å²) in [6, 6.07) is 6.01. The normalized spacial score (nSPS) is 18.9. The van der Waals surface area contributed by atoms with Crippen molar-refractivity contribution in [1.82, 2.24) is 14.7 Å². The molecule has 0 aliphatic carbocycles. The summed E-state index contributed by atoms with van der Waals surface area (Å²) < 4.78 is 37.7. The average Bonchev–Trinajstić information content (AvgIpc) is 2.94. The maximum absolute atomic E-state index is 12.6. The van der Waals surface area contributed by atoms with Crippen LogP contribution in [-0.2, 0) is 4.79 Å². The van der Waals surface area contributed by atoms with E-state index in [2.05, 4.69) is 0 Å². The van der Waals surface area contributed by atoms with Gasteiger partial charge in [-0.25, -0.2) is 4.79 Å². The fraction of sp³-hybridized carbons (Fsp3) is 0.500. The number of thioether (sulfide) groups is 1. The molecule has 0 radical (unpaired) electrons. The van der Waals surface area contributed by atoms with Gasteiger partial charge in [0.15, 0.2) is 0 Å². The van der Waals surface area contributed by atoms with Crippen molar-refractivity contribution in [1.29, 1.82) is 0 Å². The fourth-order valence-corrected chi connectivity index (χ4v) is 3.89. The van der Waals surface area contributed by atoms with E-state index in [9.17, 15) is 27.6 Å². The zero-order valence-corrected chi connectivity index (χ0v) is 16.1. The number of nitrogens with zero attached hydrogens (tertiary/aromatic N) is 3. The third kappa shape index (κ3) is 4.43. The van der Waals surface area contributed by atoms with Crippen LogP contribution in [0.15, 0.2) is 29.2 Å². The molecule has 1 aromatic carbocycles. The van der Waals surface area contributed by atoms with Crippen LogP contribution in [0.5, 0.6) is 0 Å². The fourth-order valence-electron chi connectivity index (χ4n) is 3.48. The molecule has 0 aromatic heterocycles. The number of piperidine rings is 1. The van der Waals surface area contributed by atoms with Gasteiger partial charge in [-0.05, 0) is 43.4 Å². The molecule has 2 aliphatic heterocycles. The van der Waals surface area contributed by atoms with Crippen LogP contribution >= 0.6 is 11.8 Å². The number of amides is 4. The number of alkyl halides is 3. The number of hydrogen-bond donors (Lipinski definition) is 0. The van der Waals surface area contributed by atoms with Crippen LogP contribution in [-0.4, -0.2) is 77.2 Å². The molecule has 28 heavy (non-hydrogen) atoms. The Bertz CT molecular complexity index is 762. The molecule has 10 heteroatoms. The standard InChI is InChI=1S/C18H20F3N3O3S/c1-28-14-4-2-12(3-5-14)16(26)22-8-6-13(7-9-22)23-10-15(25)24(17(23)27)11-18(19,20)21/h2-5,13H,6-11H2,1H3. The lowest BCUT2D eigenvalue weighted by atomic mass is 10.0. The first kappa shape index (κ1) is 20.5. The topological polar surface area (TPSA) is 60.9 Å². The van der Waals surface area contributed by atoms with E-state index < -0.39 is 24.7 Å². The predicted octanol–water partition coefficient (Wildman–Crippen LogP) is 2.84. The third-order valence-corrected chi connectivity index (χ3v) is 5.69. The second kappa shape index (κ2) is 8.02. The first-order chi connectivity index (χ1) is 13.2. The van der Waals surface area contributed by atoms with Gasteiger partial charge >= 0.3 is 12.2 Å². The first-order valence-electron chi connectivity index (χ1n) is 8.80. The Labute approximate surface area is 164 Å². The molecule has 0 bridgehead atoms. The highest BCUT2D eigenvalue weighted by Crippen LogP contribution is 2.26. The van der Waals surface area contributed by atoms with E-state index in [0.717, 1.165) is 4.90 Å². The molecule has 6 nitrogen and oxygen atoms in total. The summed E-state index contributed by atoms with van der Waals surface area (Å²) in [5.74, 6) is -0.955. The minimum Gasteiger partial charge on any atom is -0.338 e. The van der Waals surface area contributed by atoms with E-state index in [0.29, 0.717) is 31.5 Å². The number of imide groups is 1. The Kier molecular flexibility index (Phi) is 5.87. The maximum Gasteiger partial charge on any atom is 0.406 e. The molecule has 2 heterocycles. The van der Waals surface area contributed by atoms with Crippen molar-refractivity contribution in [3.8, 4) is 0 Å². The van der Waals surface area contributed by atoms with E-state index in [-0.39, 0.29) is 23.4 Å². The van der Waals surface area contributed by atoms with Crippen molar-refractivity contribution >= 4 is 29.6 Å². The van der Waals surface area contributed by atoms with E-state index in [4.69, 9.17) is 0 Å². The Morgan fingerprint density at radius 3 is 2.29 bits per heavy atom. The number of rotatable bonds is 4. The number of carbonyl (C=O) groups is 3. The second-order valence-electron chi connectivity index (χ2n) is 6.76. The Morgan fingerprint density at radius 2 is 1.75 bits per heavy atom. The zero-order chi connectivity index (χ0) is 20.5. The second-order valence-corrected chi connectivity index (χ2v) is 7.64. The summed E-state index contributed by atoms with van der Waals surface area (Å²) in [6.45, 7) is -1.15. The van der Waals surface area contributed by atoms with Crippen LogP contribution in [0.2, 0.25) is 0 Å². The largest absolute Gasteiger partial charge is 0.406 e. The van der Waals surface area contributed by atoms with Gasteiger partial charge in [0, 0.05) is 29.6 Å². The lowest BCUT2D eigenvalue weighted by molar-refractivity contribution is -0.151. The van der Waals surface area contributed by atoms with Gasteiger partial charge in [0.05, 0.1) is 0 Å². The van der Waals surface area contributed by atoms with Crippen LogP contribution in [0, 0.1) is 0 Å². The van der Waals surface area contributed by atoms with Crippen molar-refractivity contribution in [3.63, 3.8) is 0 Å². The van der Waals surface area contributed by atoms with Crippen LogP contribution < -0.4 is 0 Å². The Hall–Kier alpha value is -2.23. The van der Waals surface area contributed by atoms with Crippen molar-refractivity contribution in [2.75, 3.05) is 32.4 Å². The smallest absolute Gasteiger partial charge is 0.338 e. The molecular formula is C18H20F3N3O3S. The average molecular weight is 415 g/mol. The molecule has 4 amide bonds. The predicted molar refractivity (Wildman–Crippen MR) is 97.0 cm³/mol. The number of carbonyl (C=O) groups excluding carboxylic acids is 3. The van der Waals surface area contributed by atoms with Gasteiger partial charge in [-0.1, -0.05) is 0 Å². The lowest BCUT2D eigenvalue weighted by Gasteiger charge is -2.36. The van der Waals surface area contributed by atoms with E-state index in [1.54, 1.807) is 28.8 Å². The highest BCUT2D eigenvalue weighted by Gasteiger charge is 2.45. The monoisotopic (exact) mass is 415 g/mol. The summed E-state index contributed by atoms with van der Waals surface area (Å²) in [4.78, 5) is 40.8. The zero-order valence-electron chi connectivity index (χ0n) is 15.2. The quantitative estimate of drug-likeness (QED) is 0.561. The molecule has 0 N–H and O–H groups in total. The van der Waals surface area contributed by atoms with Crippen LogP contribution in [0.1, 0.15) is 23.2 Å². The van der Waals surface area contributed by atoms with Gasteiger partial charge in [-0.3, -0.25) is 14.5 Å². The Morgan fingerprint density at radius 1 is 1.14 bits per heavy atom. The van der Waals surface area contributed by atoms with Crippen LogP contribution in [0.4, 0.5) is 18.0 Å². The van der Waals surface area contributed by atoms with Gasteiger partial charge in [0.1, 0.15) is 13.1 Å².